The Morgan fingerprint density at radius 2 is 1.90 bits per heavy atom. The highest BCUT2D eigenvalue weighted by atomic mass is 16.3. The van der Waals surface area contributed by atoms with E-state index in [4.69, 9.17) is 0 Å². The summed E-state index contributed by atoms with van der Waals surface area (Å²) in [6.07, 6.45) is 1.15. The van der Waals surface area contributed by atoms with Crippen LogP contribution in [0.4, 0.5) is 0 Å². The fourth-order valence-corrected chi connectivity index (χ4v) is 3.34. The highest BCUT2D eigenvalue weighted by Gasteiger charge is 2.49. The maximum atomic E-state index is 12.9. The molecular weight excluding hydrogens is 254 g/mol. The highest BCUT2D eigenvalue weighted by molar-refractivity contribution is 5.89. The van der Waals surface area contributed by atoms with Crippen LogP contribution in [-0.4, -0.2) is 46.3 Å². The van der Waals surface area contributed by atoms with Crippen molar-refractivity contribution in [3.63, 3.8) is 0 Å². The normalized spacial score (nSPS) is 28.2. The molecule has 2 N–H and O–H groups in total. The van der Waals surface area contributed by atoms with Crippen molar-refractivity contribution in [3.8, 4) is 0 Å². The number of amides is 1. The summed E-state index contributed by atoms with van der Waals surface area (Å²) in [5.74, 6) is 0.0601. The number of carbonyl (C=O) groups is 1. The van der Waals surface area contributed by atoms with E-state index in [1.165, 1.54) is 0 Å². The summed E-state index contributed by atoms with van der Waals surface area (Å²) in [7, 11) is 0. The van der Waals surface area contributed by atoms with Gasteiger partial charge in [-0.25, -0.2) is 0 Å². The van der Waals surface area contributed by atoms with Crippen LogP contribution >= 0.6 is 0 Å². The van der Waals surface area contributed by atoms with Gasteiger partial charge >= 0.3 is 0 Å². The third kappa shape index (κ3) is 2.03. The van der Waals surface area contributed by atoms with Gasteiger partial charge in [-0.15, -0.1) is 0 Å². The van der Waals surface area contributed by atoms with Crippen LogP contribution in [0.5, 0.6) is 0 Å². The predicted octanol–water partition coefficient (Wildman–Crippen LogP) is 0.981. The fraction of sp³-hybridized carbons (Fsp3) is 0.562. The zero-order valence-electron chi connectivity index (χ0n) is 11.7. The lowest BCUT2D eigenvalue weighted by molar-refractivity contribution is -0.140. The van der Waals surface area contributed by atoms with E-state index in [2.05, 4.69) is 6.07 Å². The van der Waals surface area contributed by atoms with Gasteiger partial charge in [0.05, 0.1) is 17.6 Å². The summed E-state index contributed by atoms with van der Waals surface area (Å²) in [5, 5.41) is 19.3. The van der Waals surface area contributed by atoms with Gasteiger partial charge in [0.25, 0.3) is 0 Å². The van der Waals surface area contributed by atoms with Gasteiger partial charge in [0.1, 0.15) is 0 Å². The number of likely N-dealkylation sites (tertiary alicyclic amines) is 1. The number of aryl methyl sites for hydroxylation is 1. The second-order valence-electron chi connectivity index (χ2n) is 6.15. The minimum absolute atomic E-state index is 0.0601. The number of β-amino-alcohol motifs (C(OH)–C–C–N with tert-alkyl or cyclic N) is 2. The Morgan fingerprint density at radius 3 is 2.40 bits per heavy atom. The molecule has 2 atom stereocenters. The molecule has 1 heterocycles. The Labute approximate surface area is 119 Å². The topological polar surface area (TPSA) is 60.8 Å². The number of aliphatic hydroxyl groups excluding tert-OH is 2. The predicted molar refractivity (Wildman–Crippen MR) is 75.3 cm³/mol. The van der Waals surface area contributed by atoms with Gasteiger partial charge in [-0.1, -0.05) is 36.2 Å². The molecule has 1 saturated carbocycles. The van der Waals surface area contributed by atoms with E-state index in [0.29, 0.717) is 0 Å². The van der Waals surface area contributed by atoms with Crippen molar-refractivity contribution in [2.45, 2.75) is 43.8 Å². The van der Waals surface area contributed by atoms with E-state index < -0.39 is 17.6 Å². The fourth-order valence-electron chi connectivity index (χ4n) is 3.34. The molecule has 1 saturated heterocycles. The summed E-state index contributed by atoms with van der Waals surface area (Å²) in [5.41, 5.74) is 1.79. The minimum Gasteiger partial charge on any atom is -0.388 e. The van der Waals surface area contributed by atoms with Gasteiger partial charge in [0, 0.05) is 13.1 Å². The van der Waals surface area contributed by atoms with Crippen LogP contribution in [0.15, 0.2) is 24.3 Å². The van der Waals surface area contributed by atoms with Crippen molar-refractivity contribution in [1.29, 1.82) is 0 Å². The standard InChI is InChI=1S/C16H21NO3/c1-11-4-2-5-12(8-11)16(6-3-7-16)15(20)17-9-13(18)14(19)10-17/h2,4-5,8,13-14,18-19H,3,6-7,9-10H2,1H3. The Balaban J connectivity index is 1.88. The first-order chi connectivity index (χ1) is 9.53. The minimum atomic E-state index is -0.811. The van der Waals surface area contributed by atoms with Gasteiger partial charge in [-0.3, -0.25) is 4.79 Å². The lowest BCUT2D eigenvalue weighted by atomic mass is 9.63. The molecule has 0 spiro atoms. The van der Waals surface area contributed by atoms with E-state index in [0.717, 1.165) is 30.4 Å². The second kappa shape index (κ2) is 4.86. The molecule has 4 nitrogen and oxygen atoms in total. The SMILES string of the molecule is Cc1cccc(C2(C(=O)N3CC(O)C(O)C3)CCC2)c1. The maximum absolute atomic E-state index is 12.9. The lowest BCUT2D eigenvalue weighted by Gasteiger charge is -2.43. The molecule has 1 aromatic carbocycles. The molecule has 0 radical (unpaired) electrons. The largest absolute Gasteiger partial charge is 0.388 e. The van der Waals surface area contributed by atoms with E-state index >= 15 is 0 Å². The van der Waals surface area contributed by atoms with E-state index in [-0.39, 0.29) is 19.0 Å². The van der Waals surface area contributed by atoms with Crippen molar-refractivity contribution >= 4 is 5.91 Å². The molecule has 1 amide bonds. The van der Waals surface area contributed by atoms with Crippen molar-refractivity contribution in [3.05, 3.63) is 35.4 Å². The third-order valence-electron chi connectivity index (χ3n) is 4.73. The summed E-state index contributed by atoms with van der Waals surface area (Å²) >= 11 is 0. The van der Waals surface area contributed by atoms with Crippen LogP contribution in [0, 0.1) is 6.92 Å². The molecule has 2 fully saturated rings. The van der Waals surface area contributed by atoms with Crippen LogP contribution in [0.2, 0.25) is 0 Å². The monoisotopic (exact) mass is 275 g/mol. The molecule has 1 aliphatic carbocycles. The Morgan fingerprint density at radius 1 is 1.25 bits per heavy atom. The average molecular weight is 275 g/mol. The molecule has 1 aliphatic heterocycles. The van der Waals surface area contributed by atoms with Gasteiger partial charge < -0.3 is 15.1 Å². The Hall–Kier alpha value is -1.39. The zero-order valence-corrected chi connectivity index (χ0v) is 11.7. The number of benzene rings is 1. The van der Waals surface area contributed by atoms with E-state index in [1.807, 2.05) is 25.1 Å². The summed E-state index contributed by atoms with van der Waals surface area (Å²) in [6, 6.07) is 8.13. The van der Waals surface area contributed by atoms with Crippen LogP contribution in [-0.2, 0) is 10.2 Å². The van der Waals surface area contributed by atoms with E-state index in [9.17, 15) is 15.0 Å². The maximum Gasteiger partial charge on any atom is 0.233 e. The van der Waals surface area contributed by atoms with Crippen LogP contribution in [0.3, 0.4) is 0 Å². The highest BCUT2D eigenvalue weighted by Crippen LogP contribution is 2.45. The summed E-state index contributed by atoms with van der Waals surface area (Å²) in [6.45, 7) is 2.52. The molecule has 3 rings (SSSR count). The first-order valence-electron chi connectivity index (χ1n) is 7.25. The van der Waals surface area contributed by atoms with Gasteiger partial charge in [0.2, 0.25) is 5.91 Å². The number of nitrogens with zero attached hydrogens (tertiary/aromatic N) is 1. The number of carbonyl (C=O) groups excluding carboxylic acids is 1. The van der Waals surface area contributed by atoms with Crippen molar-refractivity contribution < 1.29 is 15.0 Å². The molecule has 2 unspecified atom stereocenters. The smallest absolute Gasteiger partial charge is 0.233 e. The van der Waals surface area contributed by atoms with E-state index in [1.54, 1.807) is 4.90 Å². The Bertz CT molecular complexity index is 514. The summed E-state index contributed by atoms with van der Waals surface area (Å²) < 4.78 is 0. The van der Waals surface area contributed by atoms with Crippen molar-refractivity contribution in [2.75, 3.05) is 13.1 Å². The van der Waals surface area contributed by atoms with Crippen molar-refractivity contribution in [2.24, 2.45) is 0 Å². The molecular formula is C16H21NO3. The summed E-state index contributed by atoms with van der Waals surface area (Å²) in [4.78, 5) is 14.5. The first kappa shape index (κ1) is 13.6. The number of hydrogen-bond donors (Lipinski definition) is 2. The number of rotatable bonds is 2. The quantitative estimate of drug-likeness (QED) is 0.846. The second-order valence-corrected chi connectivity index (χ2v) is 6.15. The molecule has 20 heavy (non-hydrogen) atoms. The third-order valence-corrected chi connectivity index (χ3v) is 4.73. The van der Waals surface area contributed by atoms with Gasteiger partial charge in [0.15, 0.2) is 0 Å². The number of aliphatic hydroxyl groups is 2. The average Bonchev–Trinajstić information content (AvgIpc) is 2.68. The number of hydrogen-bond acceptors (Lipinski definition) is 3. The molecule has 0 bridgehead atoms. The lowest BCUT2D eigenvalue weighted by Crippen LogP contribution is -2.50. The van der Waals surface area contributed by atoms with Gasteiger partial charge in [-0.2, -0.15) is 0 Å². The molecule has 1 aromatic rings. The molecule has 2 aliphatic rings. The van der Waals surface area contributed by atoms with Crippen LogP contribution in [0.1, 0.15) is 30.4 Å². The van der Waals surface area contributed by atoms with Crippen molar-refractivity contribution in [1.82, 2.24) is 4.90 Å². The molecule has 108 valence electrons. The van der Waals surface area contributed by atoms with Gasteiger partial charge in [-0.05, 0) is 25.3 Å². The zero-order chi connectivity index (χ0) is 14.3. The first-order valence-corrected chi connectivity index (χ1v) is 7.25. The van der Waals surface area contributed by atoms with Crippen LogP contribution in [0.25, 0.3) is 0 Å². The molecule has 4 heteroatoms. The van der Waals surface area contributed by atoms with Crippen LogP contribution < -0.4 is 0 Å². The molecule has 0 aromatic heterocycles. The Kier molecular flexibility index (Phi) is 3.30.